The average molecular weight is 473 g/mol. The van der Waals surface area contributed by atoms with Crippen LogP contribution in [0, 0.1) is 0 Å². The third kappa shape index (κ3) is 4.70. The minimum absolute atomic E-state index is 0.0155. The van der Waals surface area contributed by atoms with E-state index in [1.807, 2.05) is 6.07 Å². The number of aliphatic hydroxyl groups excluding tert-OH is 1. The van der Waals surface area contributed by atoms with Crippen molar-refractivity contribution in [3.63, 3.8) is 0 Å². The van der Waals surface area contributed by atoms with Crippen molar-refractivity contribution in [3.8, 4) is 5.75 Å². The van der Waals surface area contributed by atoms with Gasteiger partial charge < -0.3 is 25.4 Å². The number of anilines is 2. The summed E-state index contributed by atoms with van der Waals surface area (Å²) in [6.45, 7) is 4.84. The summed E-state index contributed by atoms with van der Waals surface area (Å²) in [7, 11) is 0. The summed E-state index contributed by atoms with van der Waals surface area (Å²) in [4.78, 5) is 15.0. The summed E-state index contributed by atoms with van der Waals surface area (Å²) in [6, 6.07) is 19.9. The number of phenolic OH excluding ortho intramolecular Hbond substituents is 1. The fourth-order valence-electron chi connectivity index (χ4n) is 5.20. The van der Waals surface area contributed by atoms with Crippen molar-refractivity contribution in [2.75, 3.05) is 30.3 Å². The molecule has 35 heavy (non-hydrogen) atoms. The molecule has 0 atom stereocenters. The lowest BCUT2D eigenvalue weighted by Gasteiger charge is -2.32. The van der Waals surface area contributed by atoms with E-state index >= 15 is 0 Å². The van der Waals surface area contributed by atoms with E-state index in [0.29, 0.717) is 17.8 Å². The van der Waals surface area contributed by atoms with Gasteiger partial charge >= 0.3 is 0 Å². The number of piperidine rings is 1. The Bertz CT molecular complexity index is 1360. The molecule has 0 saturated carbocycles. The van der Waals surface area contributed by atoms with Crippen molar-refractivity contribution in [1.29, 1.82) is 0 Å². The Balaban J connectivity index is 1.20. The molecular formula is C28H32N4O3. The number of aromatic nitrogens is 1. The molecule has 5 rings (SSSR count). The second-order valence-corrected chi connectivity index (χ2v) is 9.21. The molecule has 0 unspecified atom stereocenters. The number of aryl methyl sites for hydroxylation is 1. The zero-order valence-electron chi connectivity index (χ0n) is 20.0. The van der Waals surface area contributed by atoms with Crippen molar-refractivity contribution in [3.05, 3.63) is 66.2 Å². The molecule has 1 aromatic heterocycles. The lowest BCUT2D eigenvalue weighted by molar-refractivity contribution is -0.117. The van der Waals surface area contributed by atoms with E-state index in [1.54, 1.807) is 18.2 Å². The Hall–Kier alpha value is -3.55. The molecule has 1 aliphatic rings. The van der Waals surface area contributed by atoms with E-state index < -0.39 is 0 Å². The summed E-state index contributed by atoms with van der Waals surface area (Å²) in [6.07, 6.45) is 1.71. The SMILES string of the molecule is CCn1c2ccccc2c2cc(NC(=O)CN3CCC(Nc4c(O)cccc4CO)CC3)ccc21. The van der Waals surface area contributed by atoms with Crippen LogP contribution in [0.25, 0.3) is 21.8 Å². The van der Waals surface area contributed by atoms with Gasteiger partial charge in [-0.2, -0.15) is 0 Å². The maximum atomic E-state index is 12.8. The van der Waals surface area contributed by atoms with Gasteiger partial charge in [0.2, 0.25) is 5.91 Å². The highest BCUT2D eigenvalue weighted by Crippen LogP contribution is 2.31. The summed E-state index contributed by atoms with van der Waals surface area (Å²) >= 11 is 0. The van der Waals surface area contributed by atoms with Gasteiger partial charge in [-0.25, -0.2) is 0 Å². The number of carbonyl (C=O) groups excluding carboxylic acids is 1. The van der Waals surface area contributed by atoms with E-state index in [2.05, 4.69) is 63.4 Å². The zero-order valence-corrected chi connectivity index (χ0v) is 20.0. The number of carbonyl (C=O) groups is 1. The minimum Gasteiger partial charge on any atom is -0.506 e. The number of hydrogen-bond donors (Lipinski definition) is 4. The molecule has 7 heteroatoms. The number of likely N-dealkylation sites (tertiary alicyclic amines) is 1. The number of para-hydroxylation sites is 2. The molecule has 1 fully saturated rings. The summed E-state index contributed by atoms with van der Waals surface area (Å²) in [5.41, 5.74) is 4.49. The van der Waals surface area contributed by atoms with Gasteiger partial charge in [-0.05, 0) is 50.1 Å². The molecular weight excluding hydrogens is 440 g/mol. The van der Waals surface area contributed by atoms with E-state index in [-0.39, 0.29) is 24.3 Å². The molecule has 1 saturated heterocycles. The number of fused-ring (bicyclic) bond motifs is 3. The predicted octanol–water partition coefficient (Wildman–Crippen LogP) is 4.53. The molecule has 0 radical (unpaired) electrons. The Morgan fingerprint density at radius 1 is 1.00 bits per heavy atom. The molecule has 1 aliphatic heterocycles. The number of aromatic hydroxyl groups is 1. The second-order valence-electron chi connectivity index (χ2n) is 9.21. The lowest BCUT2D eigenvalue weighted by atomic mass is 10.0. The van der Waals surface area contributed by atoms with Crippen molar-refractivity contribution < 1.29 is 15.0 Å². The predicted molar refractivity (Wildman–Crippen MR) is 141 cm³/mol. The fourth-order valence-corrected chi connectivity index (χ4v) is 5.20. The Morgan fingerprint density at radius 3 is 2.54 bits per heavy atom. The first-order valence-corrected chi connectivity index (χ1v) is 12.3. The Labute approximate surface area is 205 Å². The van der Waals surface area contributed by atoms with Crippen LogP contribution in [0.3, 0.4) is 0 Å². The van der Waals surface area contributed by atoms with E-state index in [1.165, 1.54) is 16.4 Å². The highest BCUT2D eigenvalue weighted by molar-refractivity contribution is 6.09. The first kappa shape index (κ1) is 23.2. The number of nitrogens with one attached hydrogen (secondary N) is 2. The lowest BCUT2D eigenvalue weighted by Crippen LogP contribution is -2.42. The molecule has 4 aromatic rings. The first-order valence-electron chi connectivity index (χ1n) is 12.3. The van der Waals surface area contributed by atoms with Gasteiger partial charge in [-0.3, -0.25) is 9.69 Å². The topological polar surface area (TPSA) is 89.8 Å². The quantitative estimate of drug-likeness (QED) is 0.297. The van der Waals surface area contributed by atoms with Crippen LogP contribution in [-0.2, 0) is 17.9 Å². The number of nitrogens with zero attached hydrogens (tertiary/aromatic N) is 2. The van der Waals surface area contributed by atoms with Crippen molar-refractivity contribution in [2.24, 2.45) is 0 Å². The number of phenols is 1. The van der Waals surface area contributed by atoms with Crippen LogP contribution in [0.5, 0.6) is 5.75 Å². The minimum atomic E-state index is -0.125. The van der Waals surface area contributed by atoms with Gasteiger partial charge in [0.25, 0.3) is 0 Å². The van der Waals surface area contributed by atoms with Crippen LogP contribution in [0.1, 0.15) is 25.3 Å². The van der Waals surface area contributed by atoms with Gasteiger partial charge in [0.1, 0.15) is 5.75 Å². The smallest absolute Gasteiger partial charge is 0.238 e. The molecule has 2 heterocycles. The summed E-state index contributed by atoms with van der Waals surface area (Å²) < 4.78 is 2.30. The monoisotopic (exact) mass is 472 g/mol. The van der Waals surface area contributed by atoms with Crippen LogP contribution in [0.15, 0.2) is 60.7 Å². The maximum Gasteiger partial charge on any atom is 0.238 e. The third-order valence-electron chi connectivity index (χ3n) is 6.97. The Kier molecular flexibility index (Phi) is 6.61. The number of aliphatic hydroxyl groups is 1. The maximum absolute atomic E-state index is 12.8. The normalized spacial score (nSPS) is 15.0. The van der Waals surface area contributed by atoms with E-state index in [0.717, 1.165) is 43.5 Å². The molecule has 182 valence electrons. The van der Waals surface area contributed by atoms with Gasteiger partial charge in [0.05, 0.1) is 18.8 Å². The molecule has 4 N–H and O–H groups in total. The molecule has 0 aliphatic carbocycles. The number of amides is 1. The van der Waals surface area contributed by atoms with Crippen molar-refractivity contribution in [1.82, 2.24) is 9.47 Å². The molecule has 0 spiro atoms. The highest BCUT2D eigenvalue weighted by Gasteiger charge is 2.22. The van der Waals surface area contributed by atoms with Crippen LogP contribution in [0.4, 0.5) is 11.4 Å². The van der Waals surface area contributed by atoms with E-state index in [9.17, 15) is 15.0 Å². The fraction of sp³-hybridized carbons (Fsp3) is 0.321. The van der Waals surface area contributed by atoms with Crippen LogP contribution >= 0.6 is 0 Å². The number of hydrogen-bond acceptors (Lipinski definition) is 5. The second kappa shape index (κ2) is 9.98. The number of rotatable bonds is 7. The van der Waals surface area contributed by atoms with Gasteiger partial charge in [0.15, 0.2) is 0 Å². The van der Waals surface area contributed by atoms with Crippen LogP contribution < -0.4 is 10.6 Å². The standard InChI is InChI=1S/C28H32N4O3/c1-2-32-24-8-4-3-7-22(24)23-16-21(10-11-25(23)32)29-27(35)17-31-14-12-20(13-15-31)30-28-19(18-33)6-5-9-26(28)34/h3-11,16,20,30,33-34H,2,12-15,17-18H2,1H3,(H,29,35). The molecule has 0 bridgehead atoms. The molecule has 3 aromatic carbocycles. The largest absolute Gasteiger partial charge is 0.506 e. The molecule has 7 nitrogen and oxygen atoms in total. The first-order chi connectivity index (χ1) is 17.1. The highest BCUT2D eigenvalue weighted by atomic mass is 16.3. The number of benzene rings is 3. The summed E-state index contributed by atoms with van der Waals surface area (Å²) in [5.74, 6) is 0.135. The van der Waals surface area contributed by atoms with Gasteiger partial charge in [-0.15, -0.1) is 0 Å². The zero-order chi connectivity index (χ0) is 24.4. The third-order valence-corrected chi connectivity index (χ3v) is 6.97. The van der Waals surface area contributed by atoms with Gasteiger partial charge in [-0.1, -0.05) is 30.3 Å². The van der Waals surface area contributed by atoms with Gasteiger partial charge in [0, 0.05) is 58.7 Å². The Morgan fingerprint density at radius 2 is 1.77 bits per heavy atom. The van der Waals surface area contributed by atoms with E-state index in [4.69, 9.17) is 0 Å². The van der Waals surface area contributed by atoms with Crippen LogP contribution in [0.2, 0.25) is 0 Å². The molecule has 1 amide bonds. The van der Waals surface area contributed by atoms with Crippen molar-refractivity contribution >= 4 is 39.1 Å². The van der Waals surface area contributed by atoms with Crippen LogP contribution in [-0.4, -0.2) is 51.3 Å². The average Bonchev–Trinajstić information content (AvgIpc) is 3.19. The van der Waals surface area contributed by atoms with Crippen molar-refractivity contribution in [2.45, 2.75) is 39.0 Å². The summed E-state index contributed by atoms with van der Waals surface area (Å²) in [5, 5.41) is 28.5.